The Balaban J connectivity index is 2.09. The van der Waals surface area contributed by atoms with Gasteiger partial charge in [-0.25, -0.2) is 0 Å². The van der Waals surface area contributed by atoms with Crippen molar-refractivity contribution in [2.75, 3.05) is 0 Å². The quantitative estimate of drug-likeness (QED) is 0.549. The molecule has 1 aliphatic rings. The summed E-state index contributed by atoms with van der Waals surface area (Å²) in [5.74, 6) is -0.204. The lowest BCUT2D eigenvalue weighted by Gasteiger charge is -2.14. The smallest absolute Gasteiger partial charge is 0.308 e. The minimum Gasteiger partial charge on any atom is -0.436 e. The topological polar surface area (TPSA) is 51.0 Å². The number of cyclic esters (lactones) is 1. The molecule has 2 rings (SSSR count). The fourth-order valence-corrected chi connectivity index (χ4v) is 1.41. The average molecular weight is 204 g/mol. The molecule has 1 aliphatic heterocycles. The summed E-state index contributed by atoms with van der Waals surface area (Å²) >= 11 is 0. The van der Waals surface area contributed by atoms with E-state index in [2.05, 4.69) is 10.2 Å². The second-order valence-corrected chi connectivity index (χ2v) is 3.68. The van der Waals surface area contributed by atoms with Crippen LogP contribution >= 0.6 is 0 Å². The van der Waals surface area contributed by atoms with Gasteiger partial charge in [-0.05, 0) is 19.1 Å². The standard InChI is InChI=1S/C11H12N2O2/c1-11(8-7-10(14)15-11)13-12-9-5-3-2-4-6-9/h2-6H,7-8H2,1H3. The maximum atomic E-state index is 10.9. The van der Waals surface area contributed by atoms with E-state index in [1.165, 1.54) is 0 Å². The summed E-state index contributed by atoms with van der Waals surface area (Å²) in [6, 6.07) is 9.39. The van der Waals surface area contributed by atoms with Crippen LogP contribution in [0.25, 0.3) is 0 Å². The van der Waals surface area contributed by atoms with Gasteiger partial charge in [-0.1, -0.05) is 18.2 Å². The molecular formula is C11H12N2O2. The van der Waals surface area contributed by atoms with Crippen LogP contribution < -0.4 is 0 Å². The Morgan fingerprint density at radius 1 is 1.33 bits per heavy atom. The Kier molecular flexibility index (Phi) is 2.49. The van der Waals surface area contributed by atoms with Crippen LogP contribution in [0.1, 0.15) is 19.8 Å². The number of ether oxygens (including phenoxy) is 1. The third kappa shape index (κ3) is 2.40. The molecule has 1 unspecified atom stereocenters. The number of benzene rings is 1. The van der Waals surface area contributed by atoms with Crippen molar-refractivity contribution in [3.8, 4) is 0 Å². The van der Waals surface area contributed by atoms with Gasteiger partial charge in [0.05, 0.1) is 12.1 Å². The molecule has 1 saturated heterocycles. The van der Waals surface area contributed by atoms with Crippen LogP contribution in [0.15, 0.2) is 40.6 Å². The number of carbonyl (C=O) groups is 1. The molecule has 1 atom stereocenters. The van der Waals surface area contributed by atoms with Crippen LogP contribution in [0.4, 0.5) is 5.69 Å². The van der Waals surface area contributed by atoms with E-state index in [1.807, 2.05) is 30.3 Å². The Labute approximate surface area is 88.0 Å². The molecule has 15 heavy (non-hydrogen) atoms. The average Bonchev–Trinajstić information content (AvgIpc) is 2.58. The van der Waals surface area contributed by atoms with E-state index in [4.69, 9.17) is 4.74 Å². The van der Waals surface area contributed by atoms with Crippen LogP contribution in [-0.2, 0) is 9.53 Å². The van der Waals surface area contributed by atoms with Crippen molar-refractivity contribution in [2.24, 2.45) is 10.2 Å². The summed E-state index contributed by atoms with van der Waals surface area (Å²) in [6.45, 7) is 1.77. The first-order valence-corrected chi connectivity index (χ1v) is 4.88. The molecule has 0 aromatic heterocycles. The first kappa shape index (κ1) is 9.83. The predicted molar refractivity (Wildman–Crippen MR) is 54.7 cm³/mol. The van der Waals surface area contributed by atoms with Crippen LogP contribution in [0.2, 0.25) is 0 Å². The minimum atomic E-state index is -0.771. The number of azo groups is 1. The molecule has 0 N–H and O–H groups in total. The van der Waals surface area contributed by atoms with Gasteiger partial charge in [-0.2, -0.15) is 5.11 Å². The maximum absolute atomic E-state index is 10.9. The first-order chi connectivity index (χ1) is 7.18. The molecule has 0 amide bonds. The summed E-state index contributed by atoms with van der Waals surface area (Å²) < 4.78 is 5.07. The van der Waals surface area contributed by atoms with Gasteiger partial charge in [0.15, 0.2) is 0 Å². The number of hydrogen-bond acceptors (Lipinski definition) is 4. The number of hydrogen-bond donors (Lipinski definition) is 0. The van der Waals surface area contributed by atoms with Gasteiger partial charge in [0.1, 0.15) is 0 Å². The molecule has 1 aromatic rings. The molecule has 1 fully saturated rings. The summed E-state index contributed by atoms with van der Waals surface area (Å²) in [5, 5.41) is 8.10. The van der Waals surface area contributed by atoms with Crippen molar-refractivity contribution in [1.29, 1.82) is 0 Å². The largest absolute Gasteiger partial charge is 0.436 e. The van der Waals surface area contributed by atoms with E-state index in [0.29, 0.717) is 12.8 Å². The van der Waals surface area contributed by atoms with Crippen molar-refractivity contribution in [1.82, 2.24) is 0 Å². The van der Waals surface area contributed by atoms with E-state index < -0.39 is 5.72 Å². The highest BCUT2D eigenvalue weighted by atomic mass is 16.6. The Bertz CT molecular complexity index is 389. The van der Waals surface area contributed by atoms with Gasteiger partial charge in [0.25, 0.3) is 0 Å². The van der Waals surface area contributed by atoms with E-state index in [1.54, 1.807) is 6.92 Å². The molecule has 1 aromatic carbocycles. The fraction of sp³-hybridized carbons (Fsp3) is 0.364. The molecule has 0 saturated carbocycles. The van der Waals surface area contributed by atoms with Crippen molar-refractivity contribution in [3.63, 3.8) is 0 Å². The van der Waals surface area contributed by atoms with E-state index in [9.17, 15) is 4.79 Å². The van der Waals surface area contributed by atoms with Crippen LogP contribution in [-0.4, -0.2) is 11.7 Å². The Morgan fingerprint density at radius 3 is 2.67 bits per heavy atom. The van der Waals surface area contributed by atoms with Crippen LogP contribution in [0.3, 0.4) is 0 Å². The lowest BCUT2D eigenvalue weighted by molar-refractivity contribution is -0.146. The number of rotatable bonds is 2. The van der Waals surface area contributed by atoms with E-state index >= 15 is 0 Å². The van der Waals surface area contributed by atoms with Crippen LogP contribution in [0, 0.1) is 0 Å². The lowest BCUT2D eigenvalue weighted by Crippen LogP contribution is -2.19. The second-order valence-electron chi connectivity index (χ2n) is 3.68. The van der Waals surface area contributed by atoms with Crippen molar-refractivity contribution >= 4 is 11.7 Å². The third-order valence-corrected chi connectivity index (χ3v) is 2.26. The molecule has 0 spiro atoms. The lowest BCUT2D eigenvalue weighted by atomic mass is 10.2. The van der Waals surface area contributed by atoms with E-state index in [0.717, 1.165) is 5.69 Å². The highest BCUT2D eigenvalue weighted by Gasteiger charge is 2.35. The number of esters is 1. The summed E-state index contributed by atoms with van der Waals surface area (Å²) in [4.78, 5) is 10.9. The van der Waals surface area contributed by atoms with Gasteiger partial charge >= 0.3 is 5.97 Å². The fourth-order valence-electron chi connectivity index (χ4n) is 1.41. The molecule has 4 nitrogen and oxygen atoms in total. The maximum Gasteiger partial charge on any atom is 0.308 e. The van der Waals surface area contributed by atoms with Crippen LogP contribution in [0.5, 0.6) is 0 Å². The van der Waals surface area contributed by atoms with Gasteiger partial charge < -0.3 is 4.74 Å². The predicted octanol–water partition coefficient (Wildman–Crippen LogP) is 2.82. The van der Waals surface area contributed by atoms with Gasteiger partial charge in [-0.3, -0.25) is 4.79 Å². The molecule has 0 radical (unpaired) electrons. The highest BCUT2D eigenvalue weighted by molar-refractivity contribution is 5.72. The Morgan fingerprint density at radius 2 is 2.07 bits per heavy atom. The monoisotopic (exact) mass is 204 g/mol. The molecule has 78 valence electrons. The zero-order chi connectivity index (χ0) is 10.7. The SMILES string of the molecule is CC1(N=Nc2ccccc2)CCC(=O)O1. The summed E-state index contributed by atoms with van der Waals surface area (Å²) in [5.41, 5.74) is -0.00547. The third-order valence-electron chi connectivity index (χ3n) is 2.26. The van der Waals surface area contributed by atoms with Crippen molar-refractivity contribution in [2.45, 2.75) is 25.5 Å². The van der Waals surface area contributed by atoms with Gasteiger partial charge in [-0.15, -0.1) is 5.11 Å². The molecular weight excluding hydrogens is 192 g/mol. The molecule has 4 heteroatoms. The highest BCUT2D eigenvalue weighted by Crippen LogP contribution is 2.28. The zero-order valence-corrected chi connectivity index (χ0v) is 8.51. The normalized spacial score (nSPS) is 25.8. The van der Waals surface area contributed by atoms with Crippen molar-refractivity contribution in [3.05, 3.63) is 30.3 Å². The van der Waals surface area contributed by atoms with E-state index in [-0.39, 0.29) is 5.97 Å². The summed E-state index contributed by atoms with van der Waals surface area (Å²) in [6.07, 6.45) is 1.02. The summed E-state index contributed by atoms with van der Waals surface area (Å²) in [7, 11) is 0. The Hall–Kier alpha value is -1.71. The molecule has 0 bridgehead atoms. The number of nitrogens with zero attached hydrogens (tertiary/aromatic N) is 2. The zero-order valence-electron chi connectivity index (χ0n) is 8.51. The molecule has 1 heterocycles. The van der Waals surface area contributed by atoms with Crippen molar-refractivity contribution < 1.29 is 9.53 Å². The number of carbonyl (C=O) groups excluding carboxylic acids is 1. The van der Waals surface area contributed by atoms with Gasteiger partial charge in [0, 0.05) is 6.42 Å². The van der Waals surface area contributed by atoms with Gasteiger partial charge in [0.2, 0.25) is 5.72 Å². The molecule has 0 aliphatic carbocycles. The second kappa shape index (κ2) is 3.81. The minimum absolute atomic E-state index is 0.204. The first-order valence-electron chi connectivity index (χ1n) is 4.88.